The van der Waals surface area contributed by atoms with Crippen LogP contribution in [-0.2, 0) is 14.9 Å². The predicted octanol–water partition coefficient (Wildman–Crippen LogP) is 3.15. The number of alkyl halides is 2. The first-order valence-corrected chi connectivity index (χ1v) is 10.7. The van der Waals surface area contributed by atoms with Gasteiger partial charge in [0.25, 0.3) is 5.69 Å². The zero-order chi connectivity index (χ0) is 24.4. The maximum Gasteiger partial charge on any atom is 0.405 e. The maximum absolute atomic E-state index is 13.6. The van der Waals surface area contributed by atoms with Gasteiger partial charge < -0.3 is 14.6 Å². The van der Waals surface area contributed by atoms with Gasteiger partial charge in [-0.1, -0.05) is 0 Å². The van der Waals surface area contributed by atoms with Crippen LogP contribution in [0.3, 0.4) is 0 Å². The molecular formula is C17H12F2INO10S. The van der Waals surface area contributed by atoms with Gasteiger partial charge in [-0.05, 0) is 53.8 Å². The predicted molar refractivity (Wildman–Crippen MR) is 110 cm³/mol. The van der Waals surface area contributed by atoms with Gasteiger partial charge in [-0.3, -0.25) is 14.7 Å². The van der Waals surface area contributed by atoms with Crippen molar-refractivity contribution in [3.63, 3.8) is 0 Å². The number of nitro groups is 1. The van der Waals surface area contributed by atoms with Crippen LogP contribution in [0.25, 0.3) is 0 Å². The molecule has 0 radical (unpaired) electrons. The fraction of sp³-hybridized carbons (Fsp3) is 0.176. The molecule has 1 unspecified atom stereocenters. The van der Waals surface area contributed by atoms with Crippen molar-refractivity contribution in [2.75, 3.05) is 0 Å². The van der Waals surface area contributed by atoms with Crippen LogP contribution < -0.4 is 4.74 Å². The van der Waals surface area contributed by atoms with Crippen LogP contribution in [0.4, 0.5) is 14.5 Å². The second-order valence-electron chi connectivity index (χ2n) is 6.07. The number of phenolic OH excluding ortho intramolecular Hbond substituents is 1. The Kier molecular flexibility index (Phi) is 7.36. The smallest absolute Gasteiger partial charge is 0.405 e. The molecule has 0 aromatic heterocycles. The molecule has 2 aromatic rings. The Morgan fingerprint density at radius 1 is 1.16 bits per heavy atom. The first-order valence-electron chi connectivity index (χ1n) is 8.20. The van der Waals surface area contributed by atoms with Crippen molar-refractivity contribution in [2.45, 2.75) is 18.3 Å². The van der Waals surface area contributed by atoms with Crippen molar-refractivity contribution < 1.29 is 50.8 Å². The van der Waals surface area contributed by atoms with Gasteiger partial charge in [0.1, 0.15) is 22.6 Å². The number of carbonyl (C=O) groups excluding carboxylic acids is 2. The molecule has 0 fully saturated rings. The lowest BCUT2D eigenvalue weighted by Gasteiger charge is -2.20. The molecule has 172 valence electrons. The second-order valence-corrected chi connectivity index (χ2v) is 8.81. The Bertz CT molecular complexity index is 1200. The normalized spacial score (nSPS) is 12.7. The van der Waals surface area contributed by atoms with E-state index in [2.05, 4.69) is 4.74 Å². The molecule has 2 aromatic carbocycles. The van der Waals surface area contributed by atoms with Crippen molar-refractivity contribution in [1.29, 1.82) is 0 Å². The lowest BCUT2D eigenvalue weighted by Crippen LogP contribution is -2.42. The Morgan fingerprint density at radius 2 is 1.78 bits per heavy atom. The number of hydrogen-bond acceptors (Lipinski definition) is 9. The van der Waals surface area contributed by atoms with Crippen molar-refractivity contribution >= 4 is 50.3 Å². The van der Waals surface area contributed by atoms with E-state index in [1.165, 1.54) is 18.2 Å². The molecule has 0 aliphatic carbocycles. The van der Waals surface area contributed by atoms with Crippen LogP contribution in [0.2, 0.25) is 0 Å². The topological polar surface area (TPSA) is 170 Å². The Hall–Kier alpha value is -2.92. The molecule has 11 nitrogen and oxygen atoms in total. The van der Waals surface area contributed by atoms with E-state index in [0.717, 1.165) is 12.1 Å². The van der Waals surface area contributed by atoms with E-state index in [1.807, 2.05) is 22.6 Å². The minimum absolute atomic E-state index is 0.269. The summed E-state index contributed by atoms with van der Waals surface area (Å²) in [7, 11) is -5.96. The highest BCUT2D eigenvalue weighted by Crippen LogP contribution is 2.31. The van der Waals surface area contributed by atoms with Crippen LogP contribution in [0.15, 0.2) is 36.4 Å². The average Bonchev–Trinajstić information content (AvgIpc) is 2.66. The number of phenols is 1. The zero-order valence-corrected chi connectivity index (χ0v) is 18.7. The molecule has 1 atom stereocenters. The highest BCUT2D eigenvalue weighted by molar-refractivity contribution is 14.1. The number of rotatable bonds is 7. The first kappa shape index (κ1) is 25.3. The zero-order valence-electron chi connectivity index (χ0n) is 15.7. The van der Waals surface area contributed by atoms with Crippen molar-refractivity contribution in [3.8, 4) is 11.5 Å². The molecule has 0 saturated carbocycles. The average molecular weight is 587 g/mol. The van der Waals surface area contributed by atoms with E-state index in [-0.39, 0.29) is 5.56 Å². The lowest BCUT2D eigenvalue weighted by molar-refractivity contribution is -0.385. The van der Waals surface area contributed by atoms with Crippen LogP contribution in [0, 0.1) is 13.7 Å². The van der Waals surface area contributed by atoms with Gasteiger partial charge in [0, 0.05) is 15.7 Å². The second kappa shape index (κ2) is 9.29. The third kappa shape index (κ3) is 5.46. The largest absolute Gasteiger partial charge is 0.507 e. The summed E-state index contributed by atoms with van der Waals surface area (Å²) in [4.78, 5) is 34.6. The molecule has 0 bridgehead atoms. The van der Waals surface area contributed by atoms with E-state index in [1.54, 1.807) is 0 Å². The number of hydrogen-bond donors (Lipinski definition) is 2. The van der Waals surface area contributed by atoms with E-state index in [0.29, 0.717) is 16.6 Å². The summed E-state index contributed by atoms with van der Waals surface area (Å²) in [6.45, 7) is 0.445. The molecule has 2 N–H and O–H groups in total. The third-order valence-electron chi connectivity index (χ3n) is 3.88. The molecule has 2 rings (SSSR count). The summed E-state index contributed by atoms with van der Waals surface area (Å²) in [5.74, 6) is -3.72. The number of ether oxygens (including phenoxy) is 2. The quantitative estimate of drug-likeness (QED) is 0.123. The highest BCUT2D eigenvalue weighted by Gasteiger charge is 2.52. The molecule has 32 heavy (non-hydrogen) atoms. The van der Waals surface area contributed by atoms with Gasteiger partial charge in [0.2, 0.25) is 0 Å². The van der Waals surface area contributed by atoms with Gasteiger partial charge in [-0.25, -0.2) is 9.59 Å². The van der Waals surface area contributed by atoms with Crippen molar-refractivity contribution in [3.05, 3.63) is 61.2 Å². The number of aromatic hydroxyl groups is 1. The monoisotopic (exact) mass is 587 g/mol. The number of nitro benzene ring substituents is 1. The number of halogens is 3. The molecule has 0 spiro atoms. The number of esters is 2. The number of benzene rings is 2. The fourth-order valence-corrected chi connectivity index (χ4v) is 3.19. The van der Waals surface area contributed by atoms with E-state index < -0.39 is 61.1 Å². The first-order chi connectivity index (χ1) is 14.6. The van der Waals surface area contributed by atoms with Crippen LogP contribution in [0.1, 0.15) is 27.6 Å². The maximum atomic E-state index is 13.6. The van der Waals surface area contributed by atoms with Crippen LogP contribution in [-0.4, -0.2) is 46.3 Å². The fourth-order valence-electron chi connectivity index (χ4n) is 2.24. The van der Waals surface area contributed by atoms with Gasteiger partial charge in [-0.2, -0.15) is 17.2 Å². The minimum atomic E-state index is -5.96. The number of nitrogens with zero attached hydrogens (tertiary/aromatic N) is 1. The Morgan fingerprint density at radius 3 is 2.31 bits per heavy atom. The Balaban J connectivity index is 2.36. The van der Waals surface area contributed by atoms with Crippen molar-refractivity contribution in [1.82, 2.24) is 0 Å². The summed E-state index contributed by atoms with van der Waals surface area (Å²) in [6, 6.07) is 6.25. The molecule has 0 aliphatic heterocycles. The molecule has 0 heterocycles. The van der Waals surface area contributed by atoms with E-state index >= 15 is 0 Å². The van der Waals surface area contributed by atoms with Gasteiger partial charge in [0.15, 0.2) is 6.10 Å². The minimum Gasteiger partial charge on any atom is -0.507 e. The standard InChI is InChI=1S/C17H12F2INO10S/c1-8(17(18,19)32(27,28)29)30-16(24)12-7-10(3-5-13(12)21(25)26)31-15(23)11-4-2-9(20)6-14(11)22/h2-8,22H,1H3,(H,27,28,29). The summed E-state index contributed by atoms with van der Waals surface area (Å²) >= 11 is 1.88. The summed E-state index contributed by atoms with van der Waals surface area (Å²) in [5, 5.41) is 16.1. The molecule has 0 amide bonds. The molecule has 0 saturated heterocycles. The van der Waals surface area contributed by atoms with Gasteiger partial charge in [-0.15, -0.1) is 0 Å². The third-order valence-corrected chi connectivity index (χ3v) is 5.57. The molecular weight excluding hydrogens is 575 g/mol. The van der Waals surface area contributed by atoms with Crippen molar-refractivity contribution in [2.24, 2.45) is 0 Å². The highest BCUT2D eigenvalue weighted by atomic mass is 127. The van der Waals surface area contributed by atoms with Crippen LogP contribution in [0.5, 0.6) is 11.5 Å². The van der Waals surface area contributed by atoms with E-state index in [9.17, 15) is 42.0 Å². The molecule has 0 aliphatic rings. The summed E-state index contributed by atoms with van der Waals surface area (Å²) in [5.41, 5.74) is -2.13. The Labute approximate surface area is 192 Å². The molecule has 15 heteroatoms. The van der Waals surface area contributed by atoms with Gasteiger partial charge >= 0.3 is 27.3 Å². The van der Waals surface area contributed by atoms with E-state index in [4.69, 9.17) is 9.29 Å². The van der Waals surface area contributed by atoms with Crippen LogP contribution >= 0.6 is 22.6 Å². The van der Waals surface area contributed by atoms with Gasteiger partial charge in [0.05, 0.1) is 4.92 Å². The lowest BCUT2D eigenvalue weighted by atomic mass is 10.1. The summed E-state index contributed by atoms with van der Waals surface area (Å²) < 4.78 is 67.2. The summed E-state index contributed by atoms with van der Waals surface area (Å²) in [6.07, 6.45) is -2.72. The number of carbonyl (C=O) groups is 2. The SMILES string of the molecule is CC(OC(=O)c1cc(OC(=O)c2ccc(I)cc2O)ccc1[N+](=O)[O-])C(F)(F)S(=O)(=O)O.